The molecule has 3 aromatic rings. The molecule has 1 aliphatic carbocycles. The number of furan rings is 1. The first-order chi connectivity index (χ1) is 9.33. The SMILES string of the molecule is Oc1ccccc1-c1nc2c(s1)CCc1occc1-2. The maximum Gasteiger partial charge on any atom is 0.128 e. The van der Waals surface area contributed by atoms with E-state index in [9.17, 15) is 5.11 Å². The predicted octanol–water partition coefficient (Wildman–Crippen LogP) is 3.87. The van der Waals surface area contributed by atoms with E-state index in [0.717, 1.165) is 40.4 Å². The highest BCUT2D eigenvalue weighted by Crippen LogP contribution is 2.41. The quantitative estimate of drug-likeness (QED) is 0.729. The summed E-state index contributed by atoms with van der Waals surface area (Å²) >= 11 is 1.66. The Morgan fingerprint density at radius 2 is 2.00 bits per heavy atom. The fourth-order valence-electron chi connectivity index (χ4n) is 2.47. The highest BCUT2D eigenvalue weighted by Gasteiger charge is 2.23. The number of aryl methyl sites for hydroxylation is 2. The average molecular weight is 269 g/mol. The second-order valence-corrected chi connectivity index (χ2v) is 5.65. The number of hydrogen-bond donors (Lipinski definition) is 1. The molecule has 19 heavy (non-hydrogen) atoms. The first-order valence-corrected chi connectivity index (χ1v) is 6.99. The molecular formula is C15H11NO2S. The molecule has 0 radical (unpaired) electrons. The van der Waals surface area contributed by atoms with Gasteiger partial charge in [-0.25, -0.2) is 4.98 Å². The summed E-state index contributed by atoms with van der Waals surface area (Å²) in [6.07, 6.45) is 3.61. The molecule has 0 unspecified atom stereocenters. The van der Waals surface area contributed by atoms with Crippen molar-refractivity contribution in [3.8, 4) is 27.6 Å². The summed E-state index contributed by atoms with van der Waals surface area (Å²) in [6, 6.07) is 9.30. The Kier molecular flexibility index (Phi) is 2.26. The second-order valence-electron chi connectivity index (χ2n) is 4.57. The van der Waals surface area contributed by atoms with Crippen molar-refractivity contribution in [2.45, 2.75) is 12.8 Å². The van der Waals surface area contributed by atoms with E-state index < -0.39 is 0 Å². The van der Waals surface area contributed by atoms with Crippen LogP contribution in [0.15, 0.2) is 41.0 Å². The van der Waals surface area contributed by atoms with Gasteiger partial charge in [0.2, 0.25) is 0 Å². The van der Waals surface area contributed by atoms with Gasteiger partial charge in [0.1, 0.15) is 16.5 Å². The number of phenols is 1. The van der Waals surface area contributed by atoms with Crippen LogP contribution in [0, 0.1) is 0 Å². The molecule has 0 spiro atoms. The maximum atomic E-state index is 9.93. The third-order valence-electron chi connectivity index (χ3n) is 3.41. The molecule has 4 rings (SSSR count). The molecule has 0 fully saturated rings. The molecule has 3 nitrogen and oxygen atoms in total. The van der Waals surface area contributed by atoms with Gasteiger partial charge in [0.05, 0.1) is 17.5 Å². The molecule has 0 amide bonds. The summed E-state index contributed by atoms with van der Waals surface area (Å²) < 4.78 is 5.47. The number of thiazole rings is 1. The molecule has 0 saturated carbocycles. The topological polar surface area (TPSA) is 46.3 Å². The van der Waals surface area contributed by atoms with Crippen LogP contribution in [-0.2, 0) is 12.8 Å². The summed E-state index contributed by atoms with van der Waals surface area (Å²) in [4.78, 5) is 5.96. The summed E-state index contributed by atoms with van der Waals surface area (Å²) in [5, 5.41) is 10.8. The lowest BCUT2D eigenvalue weighted by Gasteiger charge is -2.07. The van der Waals surface area contributed by atoms with Crippen molar-refractivity contribution in [2.24, 2.45) is 0 Å². The van der Waals surface area contributed by atoms with Gasteiger partial charge in [0, 0.05) is 16.9 Å². The largest absolute Gasteiger partial charge is 0.507 e. The Morgan fingerprint density at radius 1 is 1.11 bits per heavy atom. The van der Waals surface area contributed by atoms with E-state index in [-0.39, 0.29) is 5.75 Å². The Labute approximate surface area is 114 Å². The number of fused-ring (bicyclic) bond motifs is 3. The van der Waals surface area contributed by atoms with Crippen molar-refractivity contribution < 1.29 is 9.52 Å². The van der Waals surface area contributed by atoms with Crippen LogP contribution in [0.25, 0.3) is 21.8 Å². The molecule has 2 heterocycles. The Morgan fingerprint density at radius 3 is 2.89 bits per heavy atom. The van der Waals surface area contributed by atoms with Gasteiger partial charge in [-0.15, -0.1) is 11.3 Å². The molecule has 0 atom stereocenters. The lowest BCUT2D eigenvalue weighted by atomic mass is 10.0. The minimum atomic E-state index is 0.279. The average Bonchev–Trinajstić information content (AvgIpc) is 3.04. The van der Waals surface area contributed by atoms with E-state index in [1.165, 1.54) is 4.88 Å². The van der Waals surface area contributed by atoms with Crippen LogP contribution in [0.1, 0.15) is 10.6 Å². The van der Waals surface area contributed by atoms with E-state index in [0.29, 0.717) is 0 Å². The molecular weight excluding hydrogens is 258 g/mol. The third-order valence-corrected chi connectivity index (χ3v) is 4.56. The number of phenolic OH excluding ortho intramolecular Hbond substituents is 1. The van der Waals surface area contributed by atoms with Gasteiger partial charge in [0.25, 0.3) is 0 Å². The van der Waals surface area contributed by atoms with Crippen molar-refractivity contribution in [3.05, 3.63) is 47.2 Å². The molecule has 2 aromatic heterocycles. The Bertz CT molecular complexity index is 757. The van der Waals surface area contributed by atoms with Crippen LogP contribution in [0.4, 0.5) is 0 Å². The van der Waals surface area contributed by atoms with Crippen LogP contribution in [0.5, 0.6) is 5.75 Å². The number of para-hydroxylation sites is 1. The van der Waals surface area contributed by atoms with Gasteiger partial charge in [-0.2, -0.15) is 0 Å². The van der Waals surface area contributed by atoms with Crippen LogP contribution in [-0.4, -0.2) is 10.1 Å². The van der Waals surface area contributed by atoms with E-state index in [1.807, 2.05) is 24.3 Å². The zero-order valence-corrected chi connectivity index (χ0v) is 10.9. The van der Waals surface area contributed by atoms with Crippen molar-refractivity contribution in [1.82, 2.24) is 4.98 Å². The van der Waals surface area contributed by atoms with E-state index in [4.69, 9.17) is 9.40 Å². The first kappa shape index (κ1) is 10.8. The van der Waals surface area contributed by atoms with Gasteiger partial charge in [-0.05, 0) is 24.6 Å². The van der Waals surface area contributed by atoms with E-state index in [1.54, 1.807) is 23.7 Å². The lowest BCUT2D eigenvalue weighted by Crippen LogP contribution is -1.98. The smallest absolute Gasteiger partial charge is 0.128 e. The standard InChI is InChI=1S/C15H11NO2S/c17-11-4-2-1-3-9(11)15-16-14-10-7-8-18-12(10)5-6-13(14)19-15/h1-4,7-8,17H,5-6H2. The highest BCUT2D eigenvalue weighted by atomic mass is 32.1. The number of nitrogens with zero attached hydrogens (tertiary/aromatic N) is 1. The minimum Gasteiger partial charge on any atom is -0.507 e. The normalized spacial score (nSPS) is 13.1. The molecule has 0 saturated heterocycles. The number of hydrogen-bond acceptors (Lipinski definition) is 4. The number of benzene rings is 1. The predicted molar refractivity (Wildman–Crippen MR) is 74.3 cm³/mol. The molecule has 0 bridgehead atoms. The fourth-order valence-corrected chi connectivity index (χ4v) is 3.58. The summed E-state index contributed by atoms with van der Waals surface area (Å²) in [6.45, 7) is 0. The maximum absolute atomic E-state index is 9.93. The molecule has 1 N–H and O–H groups in total. The Balaban J connectivity index is 1.89. The van der Waals surface area contributed by atoms with Gasteiger partial charge in [-0.1, -0.05) is 12.1 Å². The fraction of sp³-hybridized carbons (Fsp3) is 0.133. The Hall–Kier alpha value is -2.07. The van der Waals surface area contributed by atoms with E-state index in [2.05, 4.69) is 0 Å². The summed E-state index contributed by atoms with van der Waals surface area (Å²) in [7, 11) is 0. The minimum absolute atomic E-state index is 0.279. The highest BCUT2D eigenvalue weighted by molar-refractivity contribution is 7.15. The molecule has 1 aliphatic rings. The number of aromatic nitrogens is 1. The van der Waals surface area contributed by atoms with Crippen LogP contribution in [0.3, 0.4) is 0 Å². The molecule has 1 aromatic carbocycles. The van der Waals surface area contributed by atoms with Crippen molar-refractivity contribution in [1.29, 1.82) is 0 Å². The van der Waals surface area contributed by atoms with E-state index >= 15 is 0 Å². The number of aromatic hydroxyl groups is 1. The van der Waals surface area contributed by atoms with Crippen LogP contribution in [0.2, 0.25) is 0 Å². The molecule has 94 valence electrons. The van der Waals surface area contributed by atoms with Gasteiger partial charge >= 0.3 is 0 Å². The van der Waals surface area contributed by atoms with Crippen molar-refractivity contribution in [3.63, 3.8) is 0 Å². The zero-order valence-electron chi connectivity index (χ0n) is 10.1. The van der Waals surface area contributed by atoms with Crippen molar-refractivity contribution in [2.75, 3.05) is 0 Å². The lowest BCUT2D eigenvalue weighted by molar-refractivity contribution is 0.477. The number of rotatable bonds is 1. The van der Waals surface area contributed by atoms with Gasteiger partial charge < -0.3 is 9.52 Å². The van der Waals surface area contributed by atoms with Crippen LogP contribution >= 0.6 is 11.3 Å². The zero-order chi connectivity index (χ0) is 12.8. The molecule has 0 aliphatic heterocycles. The third kappa shape index (κ3) is 1.60. The molecule has 4 heteroatoms. The monoisotopic (exact) mass is 269 g/mol. The summed E-state index contributed by atoms with van der Waals surface area (Å²) in [5.41, 5.74) is 2.91. The van der Waals surface area contributed by atoms with Crippen LogP contribution < -0.4 is 0 Å². The second kappa shape index (κ2) is 3.96. The van der Waals surface area contributed by atoms with Crippen molar-refractivity contribution >= 4 is 11.3 Å². The first-order valence-electron chi connectivity index (χ1n) is 6.18. The summed E-state index contributed by atoms with van der Waals surface area (Å²) in [5.74, 6) is 1.29. The van der Waals surface area contributed by atoms with Gasteiger partial charge in [-0.3, -0.25) is 0 Å². The van der Waals surface area contributed by atoms with Gasteiger partial charge in [0.15, 0.2) is 0 Å².